The second-order valence-electron chi connectivity index (χ2n) is 4.94. The van der Waals surface area contributed by atoms with Gasteiger partial charge in [0.15, 0.2) is 5.69 Å². The van der Waals surface area contributed by atoms with Crippen LogP contribution in [0.1, 0.15) is 27.2 Å². The molecule has 1 aromatic heterocycles. The standard InChI is InChI=1S/C15H10F6N4O2/c1-27-12(26)10-7-22-13(24-11(10)15(19,20)21)25-23-6-8-2-4-9(5-3-8)14(16,17)18/h2-7H,1H3,(H,22,24,25)/b23-6-. The van der Waals surface area contributed by atoms with Gasteiger partial charge in [-0.15, -0.1) is 0 Å². The minimum atomic E-state index is -4.94. The Bertz CT molecular complexity index is 847. The number of nitrogens with one attached hydrogen (secondary N) is 1. The van der Waals surface area contributed by atoms with Gasteiger partial charge in [0.2, 0.25) is 5.95 Å². The van der Waals surface area contributed by atoms with Gasteiger partial charge in [-0.25, -0.2) is 20.2 Å². The van der Waals surface area contributed by atoms with Crippen LogP contribution in [-0.4, -0.2) is 29.3 Å². The Kier molecular flexibility index (Phi) is 5.66. The smallest absolute Gasteiger partial charge is 0.434 e. The fraction of sp³-hybridized carbons (Fsp3) is 0.200. The van der Waals surface area contributed by atoms with Gasteiger partial charge < -0.3 is 4.74 Å². The first-order valence-corrected chi connectivity index (χ1v) is 7.01. The Morgan fingerprint density at radius 1 is 1.11 bits per heavy atom. The molecule has 1 heterocycles. The predicted molar refractivity (Wildman–Crippen MR) is 81.0 cm³/mol. The zero-order valence-corrected chi connectivity index (χ0v) is 13.4. The summed E-state index contributed by atoms with van der Waals surface area (Å²) in [5, 5.41) is 3.56. The third-order valence-electron chi connectivity index (χ3n) is 3.08. The minimum absolute atomic E-state index is 0.248. The van der Waals surface area contributed by atoms with Crippen LogP contribution in [0.3, 0.4) is 0 Å². The highest BCUT2D eigenvalue weighted by atomic mass is 19.4. The summed E-state index contributed by atoms with van der Waals surface area (Å²) in [5.41, 5.74) is -0.892. The first-order valence-electron chi connectivity index (χ1n) is 7.01. The lowest BCUT2D eigenvalue weighted by Crippen LogP contribution is -2.18. The molecule has 144 valence electrons. The Labute approximate surface area is 147 Å². The maximum absolute atomic E-state index is 13.0. The Morgan fingerprint density at radius 2 is 1.74 bits per heavy atom. The van der Waals surface area contributed by atoms with Crippen molar-refractivity contribution in [1.29, 1.82) is 0 Å². The lowest BCUT2D eigenvalue weighted by atomic mass is 10.1. The van der Waals surface area contributed by atoms with E-state index in [0.29, 0.717) is 6.20 Å². The topological polar surface area (TPSA) is 76.5 Å². The lowest BCUT2D eigenvalue weighted by molar-refractivity contribution is -0.141. The van der Waals surface area contributed by atoms with Crippen molar-refractivity contribution in [2.45, 2.75) is 12.4 Å². The predicted octanol–water partition coefficient (Wildman–Crippen LogP) is 3.75. The van der Waals surface area contributed by atoms with Crippen LogP contribution < -0.4 is 5.43 Å². The van der Waals surface area contributed by atoms with Crippen molar-refractivity contribution < 1.29 is 35.9 Å². The van der Waals surface area contributed by atoms with Crippen molar-refractivity contribution in [3.05, 3.63) is 52.8 Å². The number of rotatable bonds is 4. The van der Waals surface area contributed by atoms with E-state index < -0.39 is 41.1 Å². The zero-order chi connectivity index (χ0) is 20.2. The molecule has 0 fully saturated rings. The number of nitrogens with zero attached hydrogens (tertiary/aromatic N) is 3. The number of anilines is 1. The number of hydrogen-bond donors (Lipinski definition) is 1. The van der Waals surface area contributed by atoms with E-state index in [9.17, 15) is 31.1 Å². The van der Waals surface area contributed by atoms with E-state index in [0.717, 1.165) is 37.6 Å². The van der Waals surface area contributed by atoms with E-state index >= 15 is 0 Å². The second kappa shape index (κ2) is 7.60. The molecule has 27 heavy (non-hydrogen) atoms. The molecule has 12 heteroatoms. The summed E-state index contributed by atoms with van der Waals surface area (Å²) in [6.07, 6.45) is -7.75. The molecular formula is C15H10F6N4O2. The molecule has 0 spiro atoms. The Balaban J connectivity index is 2.18. The van der Waals surface area contributed by atoms with E-state index in [1.807, 2.05) is 0 Å². The summed E-state index contributed by atoms with van der Waals surface area (Å²) in [6.45, 7) is 0. The molecule has 0 aliphatic heterocycles. The Morgan fingerprint density at radius 3 is 2.26 bits per heavy atom. The summed E-state index contributed by atoms with van der Waals surface area (Å²) in [7, 11) is 0.906. The van der Waals surface area contributed by atoms with Crippen LogP contribution >= 0.6 is 0 Å². The average Bonchev–Trinajstić information content (AvgIpc) is 2.60. The summed E-state index contributed by atoms with van der Waals surface area (Å²) < 4.78 is 80.6. The number of esters is 1. The van der Waals surface area contributed by atoms with Crippen molar-refractivity contribution in [1.82, 2.24) is 9.97 Å². The van der Waals surface area contributed by atoms with Crippen molar-refractivity contribution >= 4 is 18.1 Å². The van der Waals surface area contributed by atoms with Gasteiger partial charge in [0.1, 0.15) is 5.56 Å². The van der Waals surface area contributed by atoms with Crippen molar-refractivity contribution in [3.63, 3.8) is 0 Å². The van der Waals surface area contributed by atoms with Crippen LogP contribution in [0, 0.1) is 0 Å². The molecule has 0 saturated carbocycles. The van der Waals surface area contributed by atoms with Gasteiger partial charge in [-0.1, -0.05) is 12.1 Å². The van der Waals surface area contributed by atoms with Crippen molar-refractivity contribution in [2.75, 3.05) is 12.5 Å². The number of halogens is 6. The summed E-state index contributed by atoms with van der Waals surface area (Å²) >= 11 is 0. The van der Waals surface area contributed by atoms with Crippen LogP contribution in [0.2, 0.25) is 0 Å². The SMILES string of the molecule is COC(=O)c1cnc(N/N=C\c2ccc(C(F)(F)F)cc2)nc1C(F)(F)F. The number of hydrazone groups is 1. The third kappa shape index (κ3) is 5.15. The molecule has 0 radical (unpaired) electrons. The quantitative estimate of drug-likeness (QED) is 0.371. The average molecular weight is 392 g/mol. The molecule has 1 aromatic carbocycles. The number of hydrogen-bond acceptors (Lipinski definition) is 6. The number of methoxy groups -OCH3 is 1. The van der Waals surface area contributed by atoms with Gasteiger partial charge in [0, 0.05) is 6.20 Å². The molecule has 0 aliphatic carbocycles. The first-order chi connectivity index (χ1) is 12.5. The number of ether oxygens (including phenoxy) is 1. The molecule has 0 bridgehead atoms. The van der Waals surface area contributed by atoms with E-state index in [2.05, 4.69) is 25.2 Å². The molecule has 0 atom stereocenters. The highest BCUT2D eigenvalue weighted by Gasteiger charge is 2.38. The molecule has 6 nitrogen and oxygen atoms in total. The molecule has 0 amide bonds. The van der Waals surface area contributed by atoms with Crippen LogP contribution in [0.4, 0.5) is 32.3 Å². The van der Waals surface area contributed by atoms with Crippen molar-refractivity contribution in [2.24, 2.45) is 5.10 Å². The molecule has 2 rings (SSSR count). The van der Waals surface area contributed by atoms with Gasteiger partial charge in [-0.2, -0.15) is 31.4 Å². The molecular weight excluding hydrogens is 382 g/mol. The van der Waals surface area contributed by atoms with Crippen LogP contribution in [0.5, 0.6) is 0 Å². The van der Waals surface area contributed by atoms with Gasteiger partial charge in [0.05, 0.1) is 18.9 Å². The van der Waals surface area contributed by atoms with Gasteiger partial charge >= 0.3 is 18.3 Å². The monoisotopic (exact) mass is 392 g/mol. The van der Waals surface area contributed by atoms with Crippen LogP contribution in [-0.2, 0) is 17.1 Å². The molecule has 0 aliphatic rings. The van der Waals surface area contributed by atoms with E-state index in [1.54, 1.807) is 0 Å². The fourth-order valence-corrected chi connectivity index (χ4v) is 1.83. The zero-order valence-electron chi connectivity index (χ0n) is 13.4. The lowest BCUT2D eigenvalue weighted by Gasteiger charge is -2.10. The van der Waals surface area contributed by atoms with E-state index in [1.165, 1.54) is 0 Å². The number of benzene rings is 1. The van der Waals surface area contributed by atoms with Crippen molar-refractivity contribution in [3.8, 4) is 0 Å². The van der Waals surface area contributed by atoms with E-state index in [4.69, 9.17) is 0 Å². The van der Waals surface area contributed by atoms with E-state index in [-0.39, 0.29) is 5.56 Å². The van der Waals surface area contributed by atoms with Crippen LogP contribution in [0.25, 0.3) is 0 Å². The number of carbonyl (C=O) groups is 1. The third-order valence-corrected chi connectivity index (χ3v) is 3.08. The van der Waals surface area contributed by atoms with Gasteiger partial charge in [-0.05, 0) is 17.7 Å². The maximum Gasteiger partial charge on any atom is 0.434 e. The Hall–Kier alpha value is -3.18. The van der Waals surface area contributed by atoms with Gasteiger partial charge in [-0.3, -0.25) is 0 Å². The highest BCUT2D eigenvalue weighted by molar-refractivity contribution is 5.90. The normalized spacial score (nSPS) is 12.3. The largest absolute Gasteiger partial charge is 0.465 e. The number of alkyl halides is 6. The molecule has 2 aromatic rings. The second-order valence-corrected chi connectivity index (χ2v) is 4.94. The number of aromatic nitrogens is 2. The molecule has 0 saturated heterocycles. The number of carbonyl (C=O) groups excluding carboxylic acids is 1. The first kappa shape index (κ1) is 20.1. The maximum atomic E-state index is 13.0. The van der Waals surface area contributed by atoms with Crippen LogP contribution in [0.15, 0.2) is 35.6 Å². The summed E-state index contributed by atoms with van der Waals surface area (Å²) in [6, 6.07) is 3.89. The highest BCUT2D eigenvalue weighted by Crippen LogP contribution is 2.31. The fourth-order valence-electron chi connectivity index (χ4n) is 1.83. The van der Waals surface area contributed by atoms with Gasteiger partial charge in [0.25, 0.3) is 0 Å². The summed E-state index contributed by atoms with van der Waals surface area (Å²) in [5.74, 6) is -1.83. The summed E-state index contributed by atoms with van der Waals surface area (Å²) in [4.78, 5) is 18.1. The molecule has 1 N–H and O–H groups in total. The minimum Gasteiger partial charge on any atom is -0.465 e. The molecule has 0 unspecified atom stereocenters.